The first-order chi connectivity index (χ1) is 9.22. The zero-order chi connectivity index (χ0) is 15.6. The molecule has 0 radical (unpaired) electrons. The molecule has 6 heteroatoms. The van der Waals surface area contributed by atoms with Crippen molar-refractivity contribution in [2.75, 3.05) is 14.2 Å². The van der Waals surface area contributed by atoms with Gasteiger partial charge in [0.1, 0.15) is 5.69 Å². The number of ketones is 1. The second-order valence-corrected chi connectivity index (χ2v) is 4.79. The number of nitrogens with one attached hydrogen (secondary N) is 1. The number of hydrogen-bond donors (Lipinski definition) is 1. The number of H-pyrrole nitrogens is 1. The van der Waals surface area contributed by atoms with Gasteiger partial charge >= 0.3 is 5.97 Å². The molecule has 1 aromatic rings. The molecule has 110 valence electrons. The lowest BCUT2D eigenvalue weighted by Crippen LogP contribution is -2.39. The van der Waals surface area contributed by atoms with E-state index in [-0.39, 0.29) is 17.4 Å². The summed E-state index contributed by atoms with van der Waals surface area (Å²) in [5.74, 6) is -0.911. The summed E-state index contributed by atoms with van der Waals surface area (Å²) >= 11 is 0. The third-order valence-corrected chi connectivity index (χ3v) is 3.53. The van der Waals surface area contributed by atoms with Gasteiger partial charge in [-0.2, -0.15) is 0 Å². The molecule has 0 aliphatic rings. The summed E-state index contributed by atoms with van der Waals surface area (Å²) in [6.07, 6.45) is 0. The van der Waals surface area contributed by atoms with Gasteiger partial charge < -0.3 is 14.6 Å². The van der Waals surface area contributed by atoms with Crippen molar-refractivity contribution >= 4 is 17.7 Å². The van der Waals surface area contributed by atoms with Gasteiger partial charge in [0.05, 0.1) is 13.2 Å². The van der Waals surface area contributed by atoms with Crippen LogP contribution in [0.3, 0.4) is 0 Å². The van der Waals surface area contributed by atoms with Gasteiger partial charge in [0, 0.05) is 25.2 Å². The fourth-order valence-electron chi connectivity index (χ4n) is 2.08. The van der Waals surface area contributed by atoms with Crippen molar-refractivity contribution in [3.63, 3.8) is 0 Å². The van der Waals surface area contributed by atoms with Crippen LogP contribution in [0.1, 0.15) is 46.0 Å². The van der Waals surface area contributed by atoms with Gasteiger partial charge in [-0.3, -0.25) is 9.59 Å². The van der Waals surface area contributed by atoms with Gasteiger partial charge in [-0.1, -0.05) is 0 Å². The first-order valence-electron chi connectivity index (χ1n) is 6.27. The average molecular weight is 280 g/mol. The van der Waals surface area contributed by atoms with Crippen LogP contribution >= 0.6 is 0 Å². The van der Waals surface area contributed by atoms with E-state index in [1.165, 1.54) is 18.9 Å². The second kappa shape index (κ2) is 5.90. The SMILES string of the molecule is COC(=O)c1[nH]c(C)c(C(=O)C(C)N(C)C(C)=O)c1C. The molecular weight excluding hydrogens is 260 g/mol. The number of aromatic amines is 1. The zero-order valence-electron chi connectivity index (χ0n) is 12.7. The van der Waals surface area contributed by atoms with Gasteiger partial charge in [0.2, 0.25) is 5.91 Å². The maximum Gasteiger partial charge on any atom is 0.354 e. The smallest absolute Gasteiger partial charge is 0.354 e. The topological polar surface area (TPSA) is 79.5 Å². The van der Waals surface area contributed by atoms with Crippen LogP contribution in [0.15, 0.2) is 0 Å². The summed E-state index contributed by atoms with van der Waals surface area (Å²) in [4.78, 5) is 39.7. The van der Waals surface area contributed by atoms with Crippen molar-refractivity contribution in [1.82, 2.24) is 9.88 Å². The van der Waals surface area contributed by atoms with Gasteiger partial charge in [-0.25, -0.2) is 4.79 Å². The molecular formula is C14H20N2O4. The van der Waals surface area contributed by atoms with Gasteiger partial charge in [0.25, 0.3) is 0 Å². The van der Waals surface area contributed by atoms with Gasteiger partial charge in [-0.05, 0) is 26.3 Å². The van der Waals surface area contributed by atoms with E-state index in [2.05, 4.69) is 9.72 Å². The van der Waals surface area contributed by atoms with Crippen LogP contribution in [-0.2, 0) is 9.53 Å². The van der Waals surface area contributed by atoms with E-state index in [9.17, 15) is 14.4 Å². The van der Waals surface area contributed by atoms with Crippen molar-refractivity contribution in [1.29, 1.82) is 0 Å². The van der Waals surface area contributed by atoms with Crippen LogP contribution < -0.4 is 0 Å². The van der Waals surface area contributed by atoms with Crippen LogP contribution in [-0.4, -0.2) is 47.7 Å². The molecule has 1 heterocycles. The van der Waals surface area contributed by atoms with E-state index >= 15 is 0 Å². The number of aryl methyl sites for hydroxylation is 1. The highest BCUT2D eigenvalue weighted by Gasteiger charge is 2.28. The Balaban J connectivity index is 3.21. The van der Waals surface area contributed by atoms with Crippen LogP contribution in [0.4, 0.5) is 0 Å². The van der Waals surface area contributed by atoms with Crippen LogP contribution in [0.2, 0.25) is 0 Å². The Morgan fingerprint density at radius 2 is 1.80 bits per heavy atom. The fourth-order valence-corrected chi connectivity index (χ4v) is 2.08. The fraction of sp³-hybridized carbons (Fsp3) is 0.500. The summed E-state index contributed by atoms with van der Waals surface area (Å²) in [6.45, 7) is 6.46. The maximum atomic E-state index is 12.5. The van der Waals surface area contributed by atoms with Crippen molar-refractivity contribution < 1.29 is 19.1 Å². The molecule has 0 saturated carbocycles. The number of aromatic nitrogens is 1. The number of esters is 1. The molecule has 1 atom stereocenters. The first kappa shape index (κ1) is 15.9. The van der Waals surface area contributed by atoms with Crippen molar-refractivity contribution in [3.8, 4) is 0 Å². The summed E-state index contributed by atoms with van der Waals surface area (Å²) in [5, 5.41) is 0. The molecule has 0 saturated heterocycles. The van der Waals surface area contributed by atoms with Crippen LogP contribution in [0.5, 0.6) is 0 Å². The Morgan fingerprint density at radius 3 is 2.25 bits per heavy atom. The molecule has 20 heavy (non-hydrogen) atoms. The average Bonchev–Trinajstić information content (AvgIpc) is 2.70. The van der Waals surface area contributed by atoms with Crippen molar-refractivity contribution in [2.45, 2.75) is 33.7 Å². The van der Waals surface area contributed by atoms with Gasteiger partial charge in [-0.15, -0.1) is 0 Å². The van der Waals surface area contributed by atoms with Crippen molar-refractivity contribution in [3.05, 3.63) is 22.5 Å². The molecule has 0 aliphatic carbocycles. The molecule has 0 aliphatic heterocycles. The minimum atomic E-state index is -0.591. The molecule has 0 aromatic carbocycles. The minimum absolute atomic E-state index is 0.190. The Hall–Kier alpha value is -2.11. The highest BCUT2D eigenvalue weighted by Crippen LogP contribution is 2.21. The number of methoxy groups -OCH3 is 1. The summed E-state index contributed by atoms with van der Waals surface area (Å²) in [5.41, 5.74) is 1.84. The predicted octanol–water partition coefficient (Wildman–Crippen LogP) is 1.47. The molecule has 0 bridgehead atoms. The number of carbonyl (C=O) groups excluding carboxylic acids is 3. The third-order valence-electron chi connectivity index (χ3n) is 3.53. The lowest BCUT2D eigenvalue weighted by Gasteiger charge is -2.22. The predicted molar refractivity (Wildman–Crippen MR) is 73.8 cm³/mol. The standard InChI is InChI=1S/C14H20N2O4/c1-7-11(8(2)15-12(7)14(19)20-6)13(18)9(3)16(5)10(4)17/h9,15H,1-6H3. The molecule has 1 rings (SSSR count). The number of likely N-dealkylation sites (N-methyl/N-ethyl adjacent to an activating group) is 1. The molecule has 1 unspecified atom stereocenters. The number of rotatable bonds is 4. The molecule has 1 aromatic heterocycles. The summed E-state index contributed by atoms with van der Waals surface area (Å²) < 4.78 is 4.67. The normalized spacial score (nSPS) is 11.9. The van der Waals surface area contributed by atoms with E-state index in [4.69, 9.17) is 0 Å². The largest absolute Gasteiger partial charge is 0.464 e. The molecule has 0 spiro atoms. The molecule has 1 amide bonds. The Labute approximate surface area is 118 Å². The van der Waals surface area contributed by atoms with E-state index in [1.54, 1.807) is 27.8 Å². The number of hydrogen-bond acceptors (Lipinski definition) is 4. The Bertz CT molecular complexity index is 560. The van der Waals surface area contributed by atoms with Crippen LogP contribution in [0, 0.1) is 13.8 Å². The van der Waals surface area contributed by atoms with Crippen molar-refractivity contribution in [2.24, 2.45) is 0 Å². The third kappa shape index (κ3) is 2.74. The lowest BCUT2D eigenvalue weighted by molar-refractivity contribution is -0.128. The van der Waals surface area contributed by atoms with Crippen LogP contribution in [0.25, 0.3) is 0 Å². The Morgan fingerprint density at radius 1 is 1.25 bits per heavy atom. The second-order valence-electron chi connectivity index (χ2n) is 4.79. The maximum absolute atomic E-state index is 12.5. The number of carbonyl (C=O) groups is 3. The quantitative estimate of drug-likeness (QED) is 0.669. The monoisotopic (exact) mass is 280 g/mol. The molecule has 1 N–H and O–H groups in total. The van der Waals surface area contributed by atoms with E-state index in [0.29, 0.717) is 16.8 Å². The zero-order valence-corrected chi connectivity index (χ0v) is 12.7. The number of amides is 1. The minimum Gasteiger partial charge on any atom is -0.464 e. The number of nitrogens with zero attached hydrogens (tertiary/aromatic N) is 1. The van der Waals surface area contributed by atoms with Gasteiger partial charge in [0.15, 0.2) is 5.78 Å². The first-order valence-corrected chi connectivity index (χ1v) is 6.27. The molecule has 0 fully saturated rings. The lowest BCUT2D eigenvalue weighted by atomic mass is 10.00. The Kier molecular flexibility index (Phi) is 4.70. The summed E-state index contributed by atoms with van der Waals surface area (Å²) in [6, 6.07) is -0.591. The summed E-state index contributed by atoms with van der Waals surface area (Å²) in [7, 11) is 2.86. The molecule has 6 nitrogen and oxygen atoms in total. The van der Waals surface area contributed by atoms with E-state index in [1.807, 2.05) is 0 Å². The number of ether oxygens (including phenoxy) is 1. The van der Waals surface area contributed by atoms with E-state index in [0.717, 1.165) is 0 Å². The van der Waals surface area contributed by atoms with E-state index < -0.39 is 12.0 Å². The highest BCUT2D eigenvalue weighted by molar-refractivity contribution is 6.06. The highest BCUT2D eigenvalue weighted by atomic mass is 16.5. The number of Topliss-reactive ketones (excluding diaryl/α,β-unsaturated/α-hetero) is 1.